The maximum Gasteiger partial charge on any atom is 0.160 e. The fourth-order valence-corrected chi connectivity index (χ4v) is 22.5. The summed E-state index contributed by atoms with van der Waals surface area (Å²) in [6.07, 6.45) is 0. The van der Waals surface area contributed by atoms with Gasteiger partial charge in [0.05, 0.1) is 83.8 Å². The summed E-state index contributed by atoms with van der Waals surface area (Å²) in [6.45, 7) is 0. The molecule has 0 bridgehead atoms. The summed E-state index contributed by atoms with van der Waals surface area (Å²) in [5.74, 6) is 2.17. The predicted octanol–water partition coefficient (Wildman–Crippen LogP) is 36.6. The van der Waals surface area contributed by atoms with Crippen LogP contribution >= 0.6 is 0 Å². The second kappa shape index (κ2) is 36.8. The first-order valence-corrected chi connectivity index (χ1v) is 50.7. The van der Waals surface area contributed by atoms with Gasteiger partial charge in [0.1, 0.15) is 0 Å². The van der Waals surface area contributed by atoms with E-state index in [2.05, 4.69) is 493 Å². The van der Waals surface area contributed by atoms with Gasteiger partial charge in [-0.1, -0.05) is 455 Å². The highest BCUT2D eigenvalue weighted by atomic mass is 15.0. The molecule has 9 nitrogen and oxygen atoms in total. The number of benzene rings is 24. The van der Waals surface area contributed by atoms with E-state index in [9.17, 15) is 0 Å². The van der Waals surface area contributed by atoms with E-state index in [0.717, 1.165) is 161 Å². The Balaban J connectivity index is 0.000000108. The largest absolute Gasteiger partial charge is 0.309 e. The Morgan fingerprint density at radius 1 is 0.121 bits per heavy atom. The van der Waals surface area contributed by atoms with Crippen molar-refractivity contribution in [3.63, 3.8) is 0 Å². The van der Waals surface area contributed by atoms with Gasteiger partial charge in [-0.05, 0) is 151 Å². The van der Waals surface area contributed by atoms with Crippen LogP contribution in [0.15, 0.2) is 540 Å². The van der Waals surface area contributed by atoms with Gasteiger partial charge in [-0.2, -0.15) is 0 Å². The first-order chi connectivity index (χ1) is 73.9. The number of para-hydroxylation sites is 3. The molecule has 149 heavy (non-hydrogen) atoms. The molecule has 694 valence electrons. The van der Waals surface area contributed by atoms with Gasteiger partial charge < -0.3 is 13.7 Å². The van der Waals surface area contributed by atoms with Gasteiger partial charge in [-0.3, -0.25) is 0 Å². The van der Waals surface area contributed by atoms with Crippen LogP contribution in [-0.4, -0.2) is 43.6 Å². The molecule has 9 heteroatoms. The molecule has 0 N–H and O–H groups in total. The van der Waals surface area contributed by atoms with Crippen LogP contribution in [0.2, 0.25) is 0 Å². The first kappa shape index (κ1) is 86.8. The molecule has 0 unspecified atom stereocenters. The van der Waals surface area contributed by atoms with Crippen LogP contribution in [0.4, 0.5) is 0 Å². The summed E-state index contributed by atoms with van der Waals surface area (Å²) >= 11 is 0. The maximum atomic E-state index is 5.28. The van der Waals surface area contributed by atoms with Crippen molar-refractivity contribution < 1.29 is 0 Å². The van der Waals surface area contributed by atoms with Crippen LogP contribution in [0.1, 0.15) is 0 Å². The molecular weight excluding hydrogens is 1810 g/mol. The number of hydrogen-bond donors (Lipinski definition) is 0. The average molecular weight is 1900 g/mol. The summed E-state index contributed by atoms with van der Waals surface area (Å²) in [5.41, 5.74) is 31.8. The fraction of sp³-hybridized carbons (Fsp3) is 0. The van der Waals surface area contributed by atoms with Crippen molar-refractivity contribution in [3.05, 3.63) is 540 Å². The highest BCUT2D eigenvalue weighted by molar-refractivity contribution is 6.21. The number of rotatable bonds is 13. The van der Waals surface area contributed by atoms with Crippen LogP contribution in [0.25, 0.3) is 281 Å². The number of fused-ring (bicyclic) bond motifs is 20. The third kappa shape index (κ3) is 15.3. The zero-order valence-electron chi connectivity index (χ0n) is 80.9. The molecule has 6 heterocycles. The summed E-state index contributed by atoms with van der Waals surface area (Å²) in [7, 11) is 0. The molecule has 0 saturated carbocycles. The van der Waals surface area contributed by atoms with E-state index in [1.807, 2.05) is 60.7 Å². The summed E-state index contributed by atoms with van der Waals surface area (Å²) in [5, 5.41) is 22.2. The summed E-state index contributed by atoms with van der Waals surface area (Å²) in [4.78, 5) is 31.5. The normalized spacial score (nSPS) is 11.6. The van der Waals surface area contributed by atoms with Crippen molar-refractivity contribution in [2.45, 2.75) is 0 Å². The van der Waals surface area contributed by atoms with Crippen LogP contribution in [0.5, 0.6) is 0 Å². The highest BCUT2D eigenvalue weighted by Gasteiger charge is 2.27. The lowest BCUT2D eigenvalue weighted by Gasteiger charge is -2.17. The van der Waals surface area contributed by atoms with Crippen molar-refractivity contribution in [1.29, 1.82) is 0 Å². The summed E-state index contributed by atoms with van der Waals surface area (Å²) < 4.78 is 7.28. The Labute approximate surface area is 858 Å². The first-order valence-electron chi connectivity index (χ1n) is 50.7. The maximum absolute atomic E-state index is 5.28. The topological polar surface area (TPSA) is 92.1 Å². The lowest BCUT2D eigenvalue weighted by molar-refractivity contribution is 1.19. The molecule has 30 rings (SSSR count). The Morgan fingerprint density at radius 3 is 0.758 bits per heavy atom. The zero-order chi connectivity index (χ0) is 98.4. The molecule has 30 aromatic rings. The lowest BCUT2D eigenvalue weighted by Crippen LogP contribution is -2.00. The molecule has 0 saturated heterocycles. The van der Waals surface area contributed by atoms with Gasteiger partial charge in [0, 0.05) is 114 Å². The molecule has 0 aliphatic carbocycles. The van der Waals surface area contributed by atoms with Crippen LogP contribution in [0, 0.1) is 0 Å². The number of aromatic nitrogens is 9. The molecule has 0 amide bonds. The molecule has 0 radical (unpaired) electrons. The minimum atomic E-state index is 0.721. The molecule has 6 aromatic heterocycles. The highest BCUT2D eigenvalue weighted by Crippen LogP contribution is 2.48. The quantitative estimate of drug-likeness (QED) is 0.107. The second-order valence-electron chi connectivity index (χ2n) is 38.2. The minimum Gasteiger partial charge on any atom is -0.309 e. The third-order valence-electron chi connectivity index (χ3n) is 29.5. The molecule has 0 fully saturated rings. The Kier molecular flexibility index (Phi) is 21.4. The van der Waals surface area contributed by atoms with E-state index in [-0.39, 0.29) is 0 Å². The van der Waals surface area contributed by atoms with Gasteiger partial charge in [0.15, 0.2) is 17.5 Å². The second-order valence-corrected chi connectivity index (χ2v) is 38.2. The zero-order valence-corrected chi connectivity index (χ0v) is 80.9. The van der Waals surface area contributed by atoms with Gasteiger partial charge in [0.25, 0.3) is 0 Å². The summed E-state index contributed by atoms with van der Waals surface area (Å²) in [6, 6.07) is 192. The number of hydrogen-bond acceptors (Lipinski definition) is 6. The molecule has 0 atom stereocenters. The predicted molar refractivity (Wildman–Crippen MR) is 624 cm³/mol. The van der Waals surface area contributed by atoms with Crippen molar-refractivity contribution in [3.8, 4) is 130 Å². The van der Waals surface area contributed by atoms with Gasteiger partial charge >= 0.3 is 0 Å². The minimum absolute atomic E-state index is 0.721. The SMILES string of the molecule is c1ccc(-c2ccc3c(c2)c2ccccc2n3-c2cc3c(-c4ccccc4)nc(-c4ccccc4)nc3c3ccccc23)cc1.c1ccc(-c2nc(-c3ccccc3)c3cc(-n4c5ccccc5c5cc(-c6ccc7ccccc7c6)ccc54)c4ccccc4c3n2)cc1.c1ccc(-c2nc(-c3ccccc3)c3cc(-n4c5ccccc5c5cc(-c6cccc(-c7cccc8ccccc78)c6)ccc54)c4ccccc4c3n2)cc1. The van der Waals surface area contributed by atoms with E-state index in [4.69, 9.17) is 29.9 Å². The molecule has 0 aliphatic heterocycles. The van der Waals surface area contributed by atoms with Crippen molar-refractivity contribution >= 4 is 152 Å². The Bertz CT molecular complexity index is 10500. The van der Waals surface area contributed by atoms with E-state index in [1.54, 1.807) is 0 Å². The molecular formula is C140H89N9. The molecule has 24 aromatic carbocycles. The Morgan fingerprint density at radius 2 is 0.376 bits per heavy atom. The lowest BCUT2D eigenvalue weighted by atomic mass is 9.95. The van der Waals surface area contributed by atoms with Gasteiger partial charge in [0.2, 0.25) is 0 Å². The van der Waals surface area contributed by atoms with Crippen LogP contribution < -0.4 is 0 Å². The van der Waals surface area contributed by atoms with Crippen molar-refractivity contribution in [1.82, 2.24) is 43.6 Å². The molecule has 0 spiro atoms. The molecule has 0 aliphatic rings. The number of nitrogens with zero attached hydrogens (tertiary/aromatic N) is 9. The van der Waals surface area contributed by atoms with Gasteiger partial charge in [-0.15, -0.1) is 0 Å². The van der Waals surface area contributed by atoms with E-state index in [0.29, 0.717) is 0 Å². The van der Waals surface area contributed by atoms with Crippen molar-refractivity contribution in [2.24, 2.45) is 0 Å². The monoisotopic (exact) mass is 1900 g/mol. The van der Waals surface area contributed by atoms with Gasteiger partial charge in [-0.25, -0.2) is 29.9 Å². The average Bonchev–Trinajstić information content (AvgIpc) is 1.62. The van der Waals surface area contributed by atoms with Crippen LogP contribution in [0.3, 0.4) is 0 Å². The van der Waals surface area contributed by atoms with Crippen molar-refractivity contribution in [2.75, 3.05) is 0 Å². The van der Waals surface area contributed by atoms with E-state index < -0.39 is 0 Å². The third-order valence-corrected chi connectivity index (χ3v) is 29.5. The smallest absolute Gasteiger partial charge is 0.160 e. The van der Waals surface area contributed by atoms with Crippen LogP contribution in [-0.2, 0) is 0 Å². The fourth-order valence-electron chi connectivity index (χ4n) is 22.5. The van der Waals surface area contributed by atoms with E-state index in [1.165, 1.54) is 120 Å². The van der Waals surface area contributed by atoms with E-state index >= 15 is 0 Å². The Hall–Kier alpha value is -20.0. The standard InChI is InChI=1S/C52H33N3.C46H29N3.C42H27N3/c1-3-16-35(17-4-1)50-46-33-49(42-24-9-10-26-44(42)51(46)54-52(53-50)36-18-5-2-6-19-36)55-47-28-12-11-25-43(47)45-32-38(29-30-48(45)55)37-21-13-22-39(31-37)41-27-14-20-34-15-7-8-23-40(34)41;1-3-14-31(15-4-1)44-40-29-43(36-19-9-10-21-38(36)45(40)48-46(47-44)32-16-5-2-6-17-32)49-41-22-12-11-20-37(41)39-28-35(25-26-42(39)49)34-24-23-30-13-7-8-18-33(30)27-34;1-4-14-28(15-5-1)31-24-25-38-35(26-31)33-21-12-13-23-37(33)45(38)39-27-36-40(29-16-6-2-7-17-29)43-42(30-18-8-3-9-19-30)44-41(36)34-22-11-10-20-32(34)39/h1-33H;1-29H;1-27H.